The van der Waals surface area contributed by atoms with E-state index in [0.29, 0.717) is 6.16 Å². The highest BCUT2D eigenvalue weighted by Gasteiger charge is 2.16. The van der Waals surface area contributed by atoms with Gasteiger partial charge in [-0.05, 0) is 64.6 Å². The number of imidazole rings is 1. The minimum atomic E-state index is -2.28. The summed E-state index contributed by atoms with van der Waals surface area (Å²) in [4.78, 5) is 5.07. The van der Waals surface area contributed by atoms with E-state index in [-0.39, 0.29) is 0 Å². The van der Waals surface area contributed by atoms with Crippen molar-refractivity contribution in [2.45, 2.75) is 6.92 Å². The Hall–Kier alpha value is -4.20. The van der Waals surface area contributed by atoms with Crippen molar-refractivity contribution in [3.8, 4) is 22.3 Å². The van der Waals surface area contributed by atoms with Gasteiger partial charge < -0.3 is 4.57 Å². The van der Waals surface area contributed by atoms with Crippen LogP contribution in [0.5, 0.6) is 0 Å². The summed E-state index contributed by atoms with van der Waals surface area (Å²) in [6, 6.07) is 40.5. The lowest BCUT2D eigenvalue weighted by atomic mass is 9.96. The monoisotopic (exact) mass is 510 g/mol. The topological polar surface area (TPSA) is 34.4 Å². The Morgan fingerprint density at radius 3 is 2.08 bits per heavy atom. The molecule has 3 nitrogen and oxygen atoms in total. The predicted octanol–water partition coefficient (Wildman–Crippen LogP) is 8.77. The highest BCUT2D eigenvalue weighted by molar-refractivity contribution is 7.70. The zero-order valence-electron chi connectivity index (χ0n) is 21.4. The Balaban J connectivity index is 1.40. The van der Waals surface area contributed by atoms with Gasteiger partial charge in [-0.25, -0.2) is 4.98 Å². The van der Waals surface area contributed by atoms with E-state index in [9.17, 15) is 4.57 Å². The van der Waals surface area contributed by atoms with E-state index in [0.717, 1.165) is 49.6 Å². The molecular formula is C34H27N2OP. The quantitative estimate of drug-likeness (QED) is 0.175. The van der Waals surface area contributed by atoms with E-state index >= 15 is 0 Å². The van der Waals surface area contributed by atoms with Crippen LogP contribution in [0.2, 0.25) is 0 Å². The van der Waals surface area contributed by atoms with Gasteiger partial charge in [0.25, 0.3) is 0 Å². The number of hydrogen-bond acceptors (Lipinski definition) is 2. The van der Waals surface area contributed by atoms with E-state index in [4.69, 9.17) is 4.98 Å². The molecule has 0 amide bonds. The summed E-state index contributed by atoms with van der Waals surface area (Å²) >= 11 is 0. The maximum atomic E-state index is 12.8. The third kappa shape index (κ3) is 3.58. The van der Waals surface area contributed by atoms with E-state index < -0.39 is 7.14 Å². The number of nitrogens with zero attached hydrogens (tertiary/aromatic N) is 2. The first-order chi connectivity index (χ1) is 18.5. The average Bonchev–Trinajstić information content (AvgIpc) is 3.37. The molecule has 0 saturated heterocycles. The summed E-state index contributed by atoms with van der Waals surface area (Å²) in [5, 5.41) is 4.51. The van der Waals surface area contributed by atoms with Crippen LogP contribution in [0, 0.1) is 0 Å². The fraction of sp³-hybridized carbons (Fsp3) is 0.0882. The molecule has 2 heterocycles. The van der Waals surface area contributed by atoms with Crippen molar-refractivity contribution in [2.24, 2.45) is 0 Å². The first kappa shape index (κ1) is 23.0. The minimum Gasteiger partial charge on any atom is -0.319 e. The molecule has 2 aromatic heterocycles. The highest BCUT2D eigenvalue weighted by atomic mass is 31.2. The number of aromatic nitrogens is 2. The third-order valence-corrected chi connectivity index (χ3v) is 10.4. The third-order valence-electron chi connectivity index (χ3n) is 7.80. The van der Waals surface area contributed by atoms with Gasteiger partial charge in [0.15, 0.2) is 0 Å². The first-order valence-electron chi connectivity index (χ1n) is 13.0. The van der Waals surface area contributed by atoms with Crippen LogP contribution in [0.15, 0.2) is 115 Å². The summed E-state index contributed by atoms with van der Waals surface area (Å²) < 4.78 is 15.1. The lowest BCUT2D eigenvalue weighted by Crippen LogP contribution is -2.04. The molecule has 1 unspecified atom stereocenters. The molecule has 0 radical (unpaired) electrons. The van der Waals surface area contributed by atoms with Crippen LogP contribution in [-0.2, 0) is 4.57 Å². The molecule has 0 aliphatic rings. The van der Waals surface area contributed by atoms with Gasteiger partial charge in [0.2, 0.25) is 0 Å². The number of para-hydroxylation sites is 3. The fourth-order valence-corrected chi connectivity index (χ4v) is 6.67. The van der Waals surface area contributed by atoms with Crippen molar-refractivity contribution in [3.63, 3.8) is 0 Å². The van der Waals surface area contributed by atoms with Crippen molar-refractivity contribution in [1.29, 1.82) is 0 Å². The Bertz CT molecular complexity index is 2050. The maximum Gasteiger partial charge on any atom is 0.146 e. The molecule has 7 aromatic rings. The molecule has 0 spiro atoms. The minimum absolute atomic E-state index is 0.679. The maximum absolute atomic E-state index is 12.8. The lowest BCUT2D eigenvalue weighted by molar-refractivity contribution is 0.585. The van der Waals surface area contributed by atoms with Crippen molar-refractivity contribution < 1.29 is 4.57 Å². The second kappa shape index (κ2) is 8.68. The van der Waals surface area contributed by atoms with Gasteiger partial charge in [-0.2, -0.15) is 0 Å². The molecule has 0 aliphatic carbocycles. The van der Waals surface area contributed by atoms with Crippen LogP contribution in [0.3, 0.4) is 0 Å². The Morgan fingerprint density at radius 2 is 1.29 bits per heavy atom. The molecular weight excluding hydrogens is 483 g/mol. The molecule has 0 N–H and O–H groups in total. The van der Waals surface area contributed by atoms with E-state index in [1.165, 1.54) is 16.3 Å². The van der Waals surface area contributed by atoms with Gasteiger partial charge in [-0.3, -0.25) is 4.40 Å². The Labute approximate surface area is 221 Å². The van der Waals surface area contributed by atoms with Gasteiger partial charge in [0, 0.05) is 22.2 Å². The largest absolute Gasteiger partial charge is 0.319 e. The summed E-state index contributed by atoms with van der Waals surface area (Å²) in [6.07, 6.45) is 0.679. The van der Waals surface area contributed by atoms with E-state index in [2.05, 4.69) is 101 Å². The molecule has 7 rings (SSSR count). The predicted molar refractivity (Wildman–Crippen MR) is 162 cm³/mol. The zero-order chi connectivity index (χ0) is 25.9. The first-order valence-corrected chi connectivity index (χ1v) is 15.4. The molecule has 4 heteroatoms. The zero-order valence-corrected chi connectivity index (χ0v) is 22.3. The second-order valence-electron chi connectivity index (χ2n) is 10.1. The smallest absolute Gasteiger partial charge is 0.146 e. The van der Waals surface area contributed by atoms with E-state index in [1.54, 1.807) is 0 Å². The highest BCUT2D eigenvalue weighted by Crippen LogP contribution is 2.40. The van der Waals surface area contributed by atoms with Gasteiger partial charge in [-0.15, -0.1) is 0 Å². The van der Waals surface area contributed by atoms with Crippen LogP contribution in [0.25, 0.3) is 60.6 Å². The van der Waals surface area contributed by atoms with Gasteiger partial charge in [0.05, 0.1) is 16.6 Å². The van der Waals surface area contributed by atoms with Gasteiger partial charge >= 0.3 is 0 Å². The molecule has 5 aromatic carbocycles. The average molecular weight is 511 g/mol. The number of hydrogen-bond donors (Lipinski definition) is 0. The van der Waals surface area contributed by atoms with Crippen molar-refractivity contribution >= 4 is 50.8 Å². The van der Waals surface area contributed by atoms with Crippen LogP contribution < -0.4 is 5.30 Å². The Morgan fingerprint density at radius 1 is 0.632 bits per heavy atom. The summed E-state index contributed by atoms with van der Waals surface area (Å²) in [6.45, 7) is 3.86. The van der Waals surface area contributed by atoms with Crippen LogP contribution in [-0.4, -0.2) is 22.2 Å². The number of pyridine rings is 1. The normalized spacial score (nSPS) is 13.4. The van der Waals surface area contributed by atoms with Crippen LogP contribution in [0.1, 0.15) is 6.92 Å². The Kier molecular flexibility index (Phi) is 5.25. The second-order valence-corrected chi connectivity index (χ2v) is 13.4. The molecule has 184 valence electrons. The number of benzene rings is 5. The van der Waals surface area contributed by atoms with Crippen molar-refractivity contribution in [1.82, 2.24) is 9.38 Å². The summed E-state index contributed by atoms with van der Waals surface area (Å²) in [5.74, 6) is 0. The molecule has 1 atom stereocenters. The molecule has 0 saturated carbocycles. The molecule has 38 heavy (non-hydrogen) atoms. The molecule has 0 aliphatic heterocycles. The number of fused-ring (bicyclic) bond motifs is 8. The van der Waals surface area contributed by atoms with Crippen molar-refractivity contribution in [3.05, 3.63) is 115 Å². The van der Waals surface area contributed by atoms with E-state index in [1.807, 2.05) is 31.8 Å². The van der Waals surface area contributed by atoms with Gasteiger partial charge in [-0.1, -0.05) is 91.9 Å². The fourth-order valence-electron chi connectivity index (χ4n) is 5.52. The standard InChI is InChI=1S/C34H27N2OP/c1-3-38(2,37)27-18-15-23(16-19-27)24-9-8-10-25(21-24)26-17-20-28-29-11-4-6-13-32(29)36-33-14-7-5-12-31(33)35-34(36)30(28)22-26/h4-22H,3H2,1-2H3. The van der Waals surface area contributed by atoms with Gasteiger partial charge in [0.1, 0.15) is 12.8 Å². The lowest BCUT2D eigenvalue weighted by Gasteiger charge is -2.13. The van der Waals surface area contributed by atoms with Crippen molar-refractivity contribution in [2.75, 3.05) is 12.8 Å². The van der Waals surface area contributed by atoms with Crippen LogP contribution in [0.4, 0.5) is 0 Å². The summed E-state index contributed by atoms with van der Waals surface area (Å²) in [7, 11) is -2.28. The van der Waals surface area contributed by atoms with Crippen LogP contribution >= 0.6 is 7.14 Å². The SMILES string of the molecule is CCP(C)(=O)c1ccc(-c2cccc(-c3ccc4c5ccccc5n5c6ccccc6nc5c4c3)c2)cc1. The summed E-state index contributed by atoms with van der Waals surface area (Å²) in [5.41, 5.74) is 8.86. The number of rotatable bonds is 4. The molecule has 0 fully saturated rings. The molecule has 0 bridgehead atoms.